The number of aromatic nitrogens is 2. The third-order valence-corrected chi connectivity index (χ3v) is 2.93. The van der Waals surface area contributed by atoms with Gasteiger partial charge in [0.15, 0.2) is 0 Å². The normalized spacial score (nSPS) is 10.7. The van der Waals surface area contributed by atoms with Crippen LogP contribution in [0.5, 0.6) is 5.88 Å². The van der Waals surface area contributed by atoms with E-state index in [1.807, 2.05) is 4.90 Å². The smallest absolute Gasteiger partial charge is 0.225 e. The van der Waals surface area contributed by atoms with Gasteiger partial charge in [-0.2, -0.15) is 9.97 Å². The lowest BCUT2D eigenvalue weighted by molar-refractivity contribution is 0.295. The van der Waals surface area contributed by atoms with Gasteiger partial charge >= 0.3 is 0 Å². The fourth-order valence-corrected chi connectivity index (χ4v) is 2.00. The summed E-state index contributed by atoms with van der Waals surface area (Å²) in [4.78, 5) is 10.2. The first-order chi connectivity index (χ1) is 8.65. The molecular weight excluding hydrogens is 232 g/mol. The number of nitrogens with two attached hydrogens (primary N) is 1. The van der Waals surface area contributed by atoms with E-state index in [9.17, 15) is 5.11 Å². The Morgan fingerprint density at radius 1 is 1.39 bits per heavy atom. The third kappa shape index (κ3) is 3.46. The van der Waals surface area contributed by atoms with Crippen molar-refractivity contribution in [1.29, 1.82) is 0 Å². The average molecular weight is 254 g/mol. The molecule has 0 saturated carbocycles. The van der Waals surface area contributed by atoms with Crippen molar-refractivity contribution in [2.75, 3.05) is 30.9 Å². The average Bonchev–Trinajstić information content (AvgIpc) is 2.38. The largest absolute Gasteiger partial charge is 0.481 e. The Labute approximate surface area is 108 Å². The highest BCUT2D eigenvalue weighted by molar-refractivity contribution is 5.46. The number of aliphatic hydroxyl groups excluding tert-OH is 1. The minimum absolute atomic E-state index is 0.0721. The first-order valence-corrected chi connectivity index (χ1v) is 6.22. The molecule has 0 radical (unpaired) electrons. The van der Waals surface area contributed by atoms with E-state index in [0.717, 1.165) is 12.8 Å². The molecule has 1 aromatic heterocycles. The summed E-state index contributed by atoms with van der Waals surface area (Å²) in [5.74, 6) is 1.31. The Hall–Kier alpha value is -1.56. The highest BCUT2D eigenvalue weighted by Crippen LogP contribution is 2.22. The van der Waals surface area contributed by atoms with Gasteiger partial charge in [0.25, 0.3) is 0 Å². The summed E-state index contributed by atoms with van der Waals surface area (Å²) in [6.07, 6.45) is 1.95. The van der Waals surface area contributed by atoms with Crippen LogP contribution in [0.2, 0.25) is 0 Å². The van der Waals surface area contributed by atoms with Crippen LogP contribution in [-0.2, 0) is 0 Å². The summed E-state index contributed by atoms with van der Waals surface area (Å²) in [5.41, 5.74) is 5.66. The van der Waals surface area contributed by atoms with E-state index in [4.69, 9.17) is 10.5 Å². The molecule has 0 atom stereocenters. The van der Waals surface area contributed by atoms with E-state index in [1.54, 1.807) is 13.2 Å². The quantitative estimate of drug-likeness (QED) is 0.756. The summed E-state index contributed by atoms with van der Waals surface area (Å²) in [6.45, 7) is 4.81. The predicted octanol–water partition coefficient (Wildman–Crippen LogP) is 1.05. The number of aliphatic hydroxyl groups is 1. The maximum absolute atomic E-state index is 9.19. The summed E-state index contributed by atoms with van der Waals surface area (Å²) < 4.78 is 5.09. The predicted molar refractivity (Wildman–Crippen MR) is 71.8 cm³/mol. The van der Waals surface area contributed by atoms with Crippen molar-refractivity contribution in [2.45, 2.75) is 32.7 Å². The van der Waals surface area contributed by atoms with E-state index in [2.05, 4.69) is 23.8 Å². The van der Waals surface area contributed by atoms with Gasteiger partial charge in [0.1, 0.15) is 5.82 Å². The molecule has 0 spiro atoms. The Morgan fingerprint density at radius 3 is 2.56 bits per heavy atom. The molecule has 1 heterocycles. The molecule has 102 valence electrons. The molecule has 0 aromatic carbocycles. The van der Waals surface area contributed by atoms with Gasteiger partial charge < -0.3 is 20.5 Å². The Kier molecular flexibility index (Phi) is 5.64. The van der Waals surface area contributed by atoms with E-state index in [1.165, 1.54) is 0 Å². The zero-order chi connectivity index (χ0) is 13.5. The lowest BCUT2D eigenvalue weighted by atomic mass is 10.1. The lowest BCUT2D eigenvalue weighted by Gasteiger charge is -2.31. The third-order valence-electron chi connectivity index (χ3n) is 2.93. The maximum Gasteiger partial charge on any atom is 0.225 e. The molecule has 6 heteroatoms. The first-order valence-electron chi connectivity index (χ1n) is 6.22. The number of nitrogen functional groups attached to an aromatic ring is 1. The van der Waals surface area contributed by atoms with Gasteiger partial charge in [0, 0.05) is 18.7 Å². The van der Waals surface area contributed by atoms with Crippen LogP contribution < -0.4 is 15.4 Å². The molecule has 0 amide bonds. The van der Waals surface area contributed by atoms with Crippen LogP contribution in [0.25, 0.3) is 0 Å². The second kappa shape index (κ2) is 7.00. The molecule has 0 saturated heterocycles. The second-order valence-electron chi connectivity index (χ2n) is 4.01. The summed E-state index contributed by atoms with van der Waals surface area (Å²) in [7, 11) is 1.54. The molecule has 1 rings (SSSR count). The van der Waals surface area contributed by atoms with Crippen LogP contribution >= 0.6 is 0 Å². The Morgan fingerprint density at radius 2 is 2.06 bits per heavy atom. The molecular formula is C12H22N4O2. The number of anilines is 2. The molecule has 6 nitrogen and oxygen atoms in total. The van der Waals surface area contributed by atoms with Crippen molar-refractivity contribution in [2.24, 2.45) is 0 Å². The van der Waals surface area contributed by atoms with Crippen LogP contribution in [-0.4, -0.2) is 41.4 Å². The first kappa shape index (κ1) is 14.5. The summed E-state index contributed by atoms with van der Waals surface area (Å²) in [6, 6.07) is 2.06. The zero-order valence-electron chi connectivity index (χ0n) is 11.3. The summed E-state index contributed by atoms with van der Waals surface area (Å²) >= 11 is 0. The number of rotatable bonds is 7. The van der Waals surface area contributed by atoms with Crippen molar-refractivity contribution in [3.05, 3.63) is 6.07 Å². The van der Waals surface area contributed by atoms with Gasteiger partial charge in [-0.3, -0.25) is 0 Å². The highest BCUT2D eigenvalue weighted by Gasteiger charge is 2.18. The molecule has 0 unspecified atom stereocenters. The van der Waals surface area contributed by atoms with E-state index in [-0.39, 0.29) is 12.6 Å². The zero-order valence-corrected chi connectivity index (χ0v) is 11.3. The molecule has 0 bridgehead atoms. The number of methoxy groups -OCH3 is 1. The van der Waals surface area contributed by atoms with Crippen LogP contribution in [0.4, 0.5) is 11.8 Å². The Balaban J connectivity index is 3.07. The number of hydrogen-bond donors (Lipinski definition) is 2. The summed E-state index contributed by atoms with van der Waals surface area (Å²) in [5, 5.41) is 9.19. The molecule has 18 heavy (non-hydrogen) atoms. The number of ether oxygens (including phenoxy) is 1. The van der Waals surface area contributed by atoms with Gasteiger partial charge in [0.2, 0.25) is 11.8 Å². The van der Waals surface area contributed by atoms with Crippen LogP contribution in [0.1, 0.15) is 26.7 Å². The SMILES string of the molecule is CCC(CC)N(CCO)c1cc(OC)nc(N)n1. The molecule has 1 aromatic rings. The minimum Gasteiger partial charge on any atom is -0.481 e. The van der Waals surface area contributed by atoms with Crippen molar-refractivity contribution < 1.29 is 9.84 Å². The van der Waals surface area contributed by atoms with Crippen LogP contribution in [0.15, 0.2) is 6.07 Å². The van der Waals surface area contributed by atoms with Gasteiger partial charge in [0.05, 0.1) is 13.7 Å². The lowest BCUT2D eigenvalue weighted by Crippen LogP contribution is -2.37. The van der Waals surface area contributed by atoms with Gasteiger partial charge in [-0.15, -0.1) is 0 Å². The van der Waals surface area contributed by atoms with Crippen molar-refractivity contribution in [1.82, 2.24) is 9.97 Å². The van der Waals surface area contributed by atoms with Gasteiger partial charge in [-0.1, -0.05) is 13.8 Å². The number of hydrogen-bond acceptors (Lipinski definition) is 6. The van der Waals surface area contributed by atoms with Crippen LogP contribution in [0.3, 0.4) is 0 Å². The number of nitrogens with zero attached hydrogens (tertiary/aromatic N) is 3. The van der Waals surface area contributed by atoms with Crippen molar-refractivity contribution >= 4 is 11.8 Å². The van der Waals surface area contributed by atoms with E-state index < -0.39 is 0 Å². The van der Waals surface area contributed by atoms with Gasteiger partial charge in [-0.05, 0) is 12.8 Å². The van der Waals surface area contributed by atoms with Crippen LogP contribution in [0, 0.1) is 0 Å². The van der Waals surface area contributed by atoms with Crippen molar-refractivity contribution in [3.8, 4) is 5.88 Å². The minimum atomic E-state index is 0.0721. The molecule has 0 aliphatic carbocycles. The Bertz CT molecular complexity index is 369. The molecule has 0 fully saturated rings. The van der Waals surface area contributed by atoms with E-state index in [0.29, 0.717) is 24.3 Å². The molecule has 3 N–H and O–H groups in total. The fraction of sp³-hybridized carbons (Fsp3) is 0.667. The molecule has 0 aliphatic heterocycles. The standard InChI is InChI=1S/C12H22N4O2/c1-4-9(5-2)16(6-7-17)10-8-11(18-3)15-12(13)14-10/h8-9,17H,4-7H2,1-3H3,(H2,13,14,15). The van der Waals surface area contributed by atoms with Crippen molar-refractivity contribution in [3.63, 3.8) is 0 Å². The maximum atomic E-state index is 9.19. The monoisotopic (exact) mass is 254 g/mol. The highest BCUT2D eigenvalue weighted by atomic mass is 16.5. The topological polar surface area (TPSA) is 84.5 Å². The van der Waals surface area contributed by atoms with Gasteiger partial charge in [-0.25, -0.2) is 0 Å². The molecule has 0 aliphatic rings. The fourth-order valence-electron chi connectivity index (χ4n) is 2.00. The van der Waals surface area contributed by atoms with E-state index >= 15 is 0 Å². The second-order valence-corrected chi connectivity index (χ2v) is 4.01.